The van der Waals surface area contributed by atoms with Crippen LogP contribution in [0.25, 0.3) is 6.08 Å². The molecule has 0 aliphatic rings. The fraction of sp³-hybridized carbons (Fsp3) is 0.100. The van der Waals surface area contributed by atoms with Crippen molar-refractivity contribution in [3.05, 3.63) is 35.2 Å². The topological polar surface area (TPSA) is 43.1 Å². The first kappa shape index (κ1) is 9.45. The fourth-order valence-corrected chi connectivity index (χ4v) is 1.04. The second-order valence-corrected chi connectivity index (χ2v) is 2.73. The van der Waals surface area contributed by atoms with Gasteiger partial charge in [0.2, 0.25) is 0 Å². The maximum atomic E-state index is 12.9. The van der Waals surface area contributed by atoms with Crippen molar-refractivity contribution in [3.8, 4) is 0 Å². The largest absolute Gasteiger partial charge is 0.396 e. The molecule has 0 spiro atoms. The lowest BCUT2D eigenvalue weighted by molar-refractivity contribution is -0.104. The van der Waals surface area contributed by atoms with Gasteiger partial charge in [-0.1, -0.05) is 6.08 Å². The second kappa shape index (κ2) is 3.85. The summed E-state index contributed by atoms with van der Waals surface area (Å²) in [6.07, 6.45) is 3.51. The Bertz CT molecular complexity index is 358. The number of halogens is 1. The number of carbonyl (C=O) groups is 1. The molecule has 2 nitrogen and oxygen atoms in total. The molecule has 68 valence electrons. The number of carbonyl (C=O) groups excluding carboxylic acids is 1. The first-order chi connectivity index (χ1) is 6.15. The van der Waals surface area contributed by atoms with Gasteiger partial charge in [-0.05, 0) is 36.3 Å². The van der Waals surface area contributed by atoms with Crippen molar-refractivity contribution in [1.29, 1.82) is 0 Å². The molecular formula is C10H10FNO. The van der Waals surface area contributed by atoms with Crippen LogP contribution >= 0.6 is 0 Å². The first-order valence-electron chi connectivity index (χ1n) is 3.82. The zero-order chi connectivity index (χ0) is 9.84. The quantitative estimate of drug-likeness (QED) is 0.428. The molecule has 0 atom stereocenters. The minimum absolute atomic E-state index is 0.126. The normalized spacial score (nSPS) is 10.6. The molecule has 1 aromatic rings. The predicted octanol–water partition coefficient (Wildman–Crippen LogP) is 1.93. The molecule has 0 amide bonds. The van der Waals surface area contributed by atoms with E-state index in [4.69, 9.17) is 5.73 Å². The van der Waals surface area contributed by atoms with Crippen molar-refractivity contribution in [3.63, 3.8) is 0 Å². The van der Waals surface area contributed by atoms with Gasteiger partial charge in [-0.2, -0.15) is 0 Å². The van der Waals surface area contributed by atoms with Gasteiger partial charge < -0.3 is 5.73 Å². The Morgan fingerprint density at radius 1 is 1.46 bits per heavy atom. The van der Waals surface area contributed by atoms with Crippen LogP contribution in [0.2, 0.25) is 0 Å². The van der Waals surface area contributed by atoms with Gasteiger partial charge in [0.1, 0.15) is 12.1 Å². The highest BCUT2D eigenvalue weighted by molar-refractivity contribution is 5.75. The standard InChI is InChI=1S/C10H10FNO/c1-7-5-10(12)9(11)6-8(7)3-2-4-13/h2-6H,12H2,1H3. The summed E-state index contributed by atoms with van der Waals surface area (Å²) >= 11 is 0. The molecule has 0 fully saturated rings. The monoisotopic (exact) mass is 179 g/mol. The average molecular weight is 179 g/mol. The van der Waals surface area contributed by atoms with Crippen molar-refractivity contribution in [1.82, 2.24) is 0 Å². The minimum Gasteiger partial charge on any atom is -0.396 e. The SMILES string of the molecule is Cc1cc(N)c(F)cc1C=CC=O. The Kier molecular flexibility index (Phi) is 2.80. The minimum atomic E-state index is -0.462. The van der Waals surface area contributed by atoms with Gasteiger partial charge in [0.15, 0.2) is 0 Å². The zero-order valence-corrected chi connectivity index (χ0v) is 7.25. The smallest absolute Gasteiger partial charge is 0.146 e. The molecule has 0 aliphatic carbocycles. The Hall–Kier alpha value is -1.64. The molecule has 0 aliphatic heterocycles. The molecule has 0 aromatic heterocycles. The molecule has 0 saturated heterocycles. The van der Waals surface area contributed by atoms with Crippen LogP contribution in [0.4, 0.5) is 10.1 Å². The number of nitrogens with two attached hydrogens (primary N) is 1. The molecule has 2 N–H and O–H groups in total. The van der Waals surface area contributed by atoms with E-state index in [1.54, 1.807) is 19.1 Å². The number of rotatable bonds is 2. The summed E-state index contributed by atoms with van der Waals surface area (Å²) in [6, 6.07) is 2.85. The van der Waals surface area contributed by atoms with Crippen LogP contribution in [0, 0.1) is 12.7 Å². The van der Waals surface area contributed by atoms with E-state index >= 15 is 0 Å². The van der Waals surface area contributed by atoms with Gasteiger partial charge in [-0.25, -0.2) is 4.39 Å². The number of allylic oxidation sites excluding steroid dienone is 1. The Labute approximate surface area is 75.9 Å². The maximum Gasteiger partial charge on any atom is 0.146 e. The number of aryl methyl sites for hydroxylation is 1. The highest BCUT2D eigenvalue weighted by Gasteiger charge is 2.01. The van der Waals surface area contributed by atoms with Crippen LogP contribution < -0.4 is 5.73 Å². The maximum absolute atomic E-state index is 12.9. The summed E-state index contributed by atoms with van der Waals surface area (Å²) in [5.74, 6) is -0.462. The Morgan fingerprint density at radius 2 is 2.15 bits per heavy atom. The summed E-state index contributed by atoms with van der Waals surface area (Å²) < 4.78 is 12.9. The van der Waals surface area contributed by atoms with Gasteiger partial charge in [0.25, 0.3) is 0 Å². The van der Waals surface area contributed by atoms with E-state index in [-0.39, 0.29) is 5.69 Å². The van der Waals surface area contributed by atoms with Crippen molar-refractivity contribution in [2.45, 2.75) is 6.92 Å². The Morgan fingerprint density at radius 3 is 2.77 bits per heavy atom. The van der Waals surface area contributed by atoms with Gasteiger partial charge in [-0.15, -0.1) is 0 Å². The van der Waals surface area contributed by atoms with Crippen molar-refractivity contribution >= 4 is 18.0 Å². The van der Waals surface area contributed by atoms with Crippen LogP contribution in [0.3, 0.4) is 0 Å². The molecule has 0 unspecified atom stereocenters. The summed E-state index contributed by atoms with van der Waals surface area (Å²) in [6.45, 7) is 1.81. The van der Waals surface area contributed by atoms with Crippen molar-refractivity contribution in [2.75, 3.05) is 5.73 Å². The van der Waals surface area contributed by atoms with Gasteiger partial charge >= 0.3 is 0 Å². The van der Waals surface area contributed by atoms with Crippen LogP contribution in [0.1, 0.15) is 11.1 Å². The van der Waals surface area contributed by atoms with Gasteiger partial charge in [0, 0.05) is 0 Å². The number of aldehydes is 1. The molecule has 13 heavy (non-hydrogen) atoms. The molecule has 1 aromatic carbocycles. The third-order valence-corrected chi connectivity index (χ3v) is 1.74. The van der Waals surface area contributed by atoms with E-state index in [1.165, 1.54) is 12.1 Å². The van der Waals surface area contributed by atoms with E-state index in [0.29, 0.717) is 11.8 Å². The molecule has 0 radical (unpaired) electrons. The van der Waals surface area contributed by atoms with Gasteiger partial charge in [-0.3, -0.25) is 4.79 Å². The van der Waals surface area contributed by atoms with Crippen LogP contribution in [0.15, 0.2) is 18.2 Å². The lowest BCUT2D eigenvalue weighted by atomic mass is 10.1. The number of benzene rings is 1. The fourth-order valence-electron chi connectivity index (χ4n) is 1.04. The Balaban J connectivity index is 3.15. The summed E-state index contributed by atoms with van der Waals surface area (Å²) in [5, 5.41) is 0. The van der Waals surface area contributed by atoms with Crippen molar-refractivity contribution < 1.29 is 9.18 Å². The van der Waals surface area contributed by atoms with Crippen LogP contribution in [-0.4, -0.2) is 6.29 Å². The third-order valence-electron chi connectivity index (χ3n) is 1.74. The highest BCUT2D eigenvalue weighted by atomic mass is 19.1. The van der Waals surface area contributed by atoms with Crippen LogP contribution in [-0.2, 0) is 4.79 Å². The molecule has 0 saturated carbocycles. The molecule has 1 rings (SSSR count). The number of hydrogen-bond donors (Lipinski definition) is 1. The summed E-state index contributed by atoms with van der Waals surface area (Å²) in [5.41, 5.74) is 6.99. The van der Waals surface area contributed by atoms with E-state index in [9.17, 15) is 9.18 Å². The van der Waals surface area contributed by atoms with Crippen molar-refractivity contribution in [2.24, 2.45) is 0 Å². The van der Waals surface area contributed by atoms with Gasteiger partial charge in [0.05, 0.1) is 5.69 Å². The first-order valence-corrected chi connectivity index (χ1v) is 3.82. The summed E-state index contributed by atoms with van der Waals surface area (Å²) in [7, 11) is 0. The molecule has 3 heteroatoms. The van der Waals surface area contributed by atoms with E-state index < -0.39 is 5.82 Å². The third kappa shape index (κ3) is 2.15. The lowest BCUT2D eigenvalue weighted by Gasteiger charge is -2.02. The average Bonchev–Trinajstić information content (AvgIpc) is 2.09. The lowest BCUT2D eigenvalue weighted by Crippen LogP contribution is -1.93. The predicted molar refractivity (Wildman–Crippen MR) is 50.6 cm³/mol. The van der Waals surface area contributed by atoms with E-state index in [2.05, 4.69) is 0 Å². The zero-order valence-electron chi connectivity index (χ0n) is 7.25. The van der Waals surface area contributed by atoms with E-state index in [0.717, 1.165) is 5.56 Å². The van der Waals surface area contributed by atoms with Crippen LogP contribution in [0.5, 0.6) is 0 Å². The summed E-state index contributed by atoms with van der Waals surface area (Å²) in [4.78, 5) is 10.0. The molecular weight excluding hydrogens is 169 g/mol. The molecule has 0 heterocycles. The van der Waals surface area contributed by atoms with E-state index in [1.807, 2.05) is 0 Å². The highest BCUT2D eigenvalue weighted by Crippen LogP contribution is 2.17. The number of hydrogen-bond acceptors (Lipinski definition) is 2. The second-order valence-electron chi connectivity index (χ2n) is 2.73. The number of nitrogen functional groups attached to an aromatic ring is 1. The molecule has 0 bridgehead atoms. The number of anilines is 1.